The zero-order valence-electron chi connectivity index (χ0n) is 78.9. The standard InChI is InChI=1S/C29H24N6O2.C29H36N6.C27H20N6.C21H20N6.4Pt/c1-29(2,25-13-21(36-3)15-27(30-25)34-17-19-9-5-7-11-23(19)32-34)26-14-22(37-4)16-28(31-26)35-18-20-10-6-8-12-24(20)33-35;1-19-11-13-23(34-17-15-21(32-34)27(3,4)5)30-25(19)29(9,10)26-20(2)12-14-24(31-26)35-18-16-22(33-35)28(6,7)8;1-27(2,23-13-7-15-25(28-23)32-17-19-9-3-5-11-21(19)30-32)24-14-8-16-26(29-24)33-18-20-10-4-6-12-22(20)31-33;1-15-7-9-17(24-19(15)26-13-5-11-22-26)21(3,4)18-10-8-16(2)20(25-18)27-14-6-12-23-27;;;;/h5-16H,1-4H3;11-16H,1-10H3;3-16H,1-2H3;5-12H,1-4H3;;;;/q4*-2;4*+2. The summed E-state index contributed by atoms with van der Waals surface area (Å²) in [6.45, 7) is 38.1. The van der Waals surface area contributed by atoms with E-state index < -0.39 is 21.7 Å². The van der Waals surface area contributed by atoms with Crippen LogP contribution in [0.2, 0.25) is 0 Å². The molecule has 4 aromatic carbocycles. The number of hydrogen-bond donors (Lipinski definition) is 0. The molecule has 136 heavy (non-hydrogen) atoms. The summed E-state index contributed by atoms with van der Waals surface area (Å²) in [5.41, 5.74) is 14.8. The van der Waals surface area contributed by atoms with Crippen LogP contribution in [0.5, 0.6) is 11.5 Å². The summed E-state index contributed by atoms with van der Waals surface area (Å²) in [5.74, 6) is 7.03. The molecule has 16 aromatic heterocycles. The fourth-order valence-corrected chi connectivity index (χ4v) is 15.4. The van der Waals surface area contributed by atoms with Crippen molar-refractivity contribution in [2.45, 2.75) is 157 Å². The first-order valence-electron chi connectivity index (χ1n) is 43.5. The number of fused-ring (bicyclic) bond motifs is 4. The summed E-state index contributed by atoms with van der Waals surface area (Å²) in [6, 6.07) is 74.8. The Labute approximate surface area is 849 Å². The number of nitrogens with zero attached hydrogens (tertiary/aromatic N) is 24. The average molecular weight is 2520 g/mol. The van der Waals surface area contributed by atoms with E-state index in [0.717, 1.165) is 158 Å². The molecule has 0 unspecified atom stereocenters. The van der Waals surface area contributed by atoms with Crippen molar-refractivity contribution in [3.05, 3.63) is 372 Å². The molecule has 30 heteroatoms. The molecule has 0 aliphatic heterocycles. The topological polar surface area (TPSA) is 264 Å². The summed E-state index contributed by atoms with van der Waals surface area (Å²) >= 11 is 0. The van der Waals surface area contributed by atoms with Crippen LogP contribution in [-0.2, 0) is 117 Å². The van der Waals surface area contributed by atoms with Crippen LogP contribution in [0.25, 0.3) is 90.2 Å². The van der Waals surface area contributed by atoms with Crippen molar-refractivity contribution in [2.75, 3.05) is 14.2 Å². The number of aromatic nitrogens is 24. The first-order valence-corrected chi connectivity index (χ1v) is 43.5. The normalized spacial score (nSPS) is 11.7. The first kappa shape index (κ1) is 101. The molecule has 0 amide bonds. The van der Waals surface area contributed by atoms with Crippen LogP contribution in [0, 0.1) is 77.3 Å². The predicted molar refractivity (Wildman–Crippen MR) is 510 cm³/mol. The second-order valence-corrected chi connectivity index (χ2v) is 36.7. The maximum Gasteiger partial charge on any atom is 2.00 e. The molecule has 0 atom stereocenters. The minimum atomic E-state index is -0.619. The molecule has 0 aliphatic rings. The molecule has 696 valence electrons. The summed E-state index contributed by atoms with van der Waals surface area (Å²) in [7, 11) is 3.28. The quantitative estimate of drug-likeness (QED) is 0.0723. The van der Waals surface area contributed by atoms with Gasteiger partial charge in [-0.05, 0) is 178 Å². The Hall–Kier alpha value is -12.8. The van der Waals surface area contributed by atoms with E-state index in [-0.39, 0.29) is 95.1 Å². The number of aryl methyl sites for hydroxylation is 4. The molecule has 0 bridgehead atoms. The Kier molecular flexibility index (Phi) is 30.3. The molecule has 0 radical (unpaired) electrons. The van der Waals surface area contributed by atoms with E-state index >= 15 is 0 Å². The van der Waals surface area contributed by atoms with Gasteiger partial charge in [-0.25, -0.2) is 20.4 Å². The number of ether oxygens (including phenoxy) is 2. The van der Waals surface area contributed by atoms with Gasteiger partial charge >= 0.3 is 84.3 Å². The van der Waals surface area contributed by atoms with Crippen LogP contribution in [0.15, 0.2) is 243 Å². The van der Waals surface area contributed by atoms with Crippen LogP contribution in [0.1, 0.15) is 176 Å². The molecule has 0 saturated heterocycles. The van der Waals surface area contributed by atoms with Crippen LogP contribution >= 0.6 is 0 Å². The number of benzene rings is 4. The maximum atomic E-state index is 5.63. The van der Waals surface area contributed by atoms with Gasteiger partial charge in [-0.2, -0.15) is 0 Å². The van der Waals surface area contributed by atoms with E-state index in [9.17, 15) is 0 Å². The van der Waals surface area contributed by atoms with Crippen LogP contribution in [0.4, 0.5) is 0 Å². The fourth-order valence-electron chi connectivity index (χ4n) is 15.4. The van der Waals surface area contributed by atoms with Gasteiger partial charge in [-0.3, -0.25) is 60.3 Å². The molecule has 20 rings (SSSR count). The number of pyridine rings is 8. The molecule has 0 aliphatic carbocycles. The molecule has 0 saturated carbocycles. The van der Waals surface area contributed by atoms with Gasteiger partial charge in [0.1, 0.15) is 11.5 Å². The molecule has 20 aromatic rings. The zero-order valence-corrected chi connectivity index (χ0v) is 88.0. The second-order valence-electron chi connectivity index (χ2n) is 36.7. The SMILES string of the molecule is CC(C)(c1cccc(-n2[c-]c3ccccc3n2)n1)c1cccc(-n2[c-]c3ccccc3n2)n1.COc1cc(-n2[c-]c3ccccc3n2)nc(C(C)(C)c2cc(OC)cc(-n3[c-]c4ccccc4n3)n2)c1.Cc1ccc(-n2[c-]cc(C(C)(C)C)n2)nc1C(C)(C)c1nc(-n2[c-]cc(C(C)(C)C)n2)ccc1C.Cc1ccc(C(C)(C)c2ccc(C)c(-n3[c-]ccn3)n2)nc1-n1[c-]ccn1.[Pt+2].[Pt+2].[Pt+2].[Pt+2]. The Morgan fingerprint density at radius 1 is 0.257 bits per heavy atom. The van der Waals surface area contributed by atoms with E-state index in [2.05, 4.69) is 215 Å². The van der Waals surface area contributed by atoms with Gasteiger partial charge in [0.05, 0.1) is 60.8 Å². The molecular formula is C106H100N24O2Pt4. The number of hydrogen-bond acceptors (Lipinski definition) is 18. The molecule has 26 nitrogen and oxygen atoms in total. The van der Waals surface area contributed by atoms with Gasteiger partial charge in [0.2, 0.25) is 0 Å². The van der Waals surface area contributed by atoms with Gasteiger partial charge in [0.25, 0.3) is 0 Å². The third-order valence-corrected chi connectivity index (χ3v) is 23.4. The third kappa shape index (κ3) is 21.2. The van der Waals surface area contributed by atoms with E-state index in [1.54, 1.807) is 76.2 Å². The Morgan fingerprint density at radius 2 is 0.566 bits per heavy atom. The molecular weight excluding hydrogens is 2420 g/mol. The predicted octanol–water partition coefficient (Wildman–Crippen LogP) is 19.5. The largest absolute Gasteiger partial charge is 2.00 e. The number of methoxy groups -OCH3 is 2. The van der Waals surface area contributed by atoms with Crippen molar-refractivity contribution in [1.29, 1.82) is 0 Å². The summed E-state index contributed by atoms with van der Waals surface area (Å²) in [5, 5.41) is 40.3. The van der Waals surface area contributed by atoms with Crippen LogP contribution < -0.4 is 9.47 Å². The van der Waals surface area contributed by atoms with E-state index in [4.69, 9.17) is 59.5 Å². The smallest absolute Gasteiger partial charge is 0.497 e. The van der Waals surface area contributed by atoms with Crippen molar-refractivity contribution in [3.63, 3.8) is 0 Å². The van der Waals surface area contributed by atoms with Crippen LogP contribution in [0.3, 0.4) is 0 Å². The van der Waals surface area contributed by atoms with Gasteiger partial charge < -0.3 is 46.9 Å². The van der Waals surface area contributed by atoms with Gasteiger partial charge in [-0.1, -0.05) is 199 Å². The van der Waals surface area contributed by atoms with E-state index in [1.807, 2.05) is 208 Å². The van der Waals surface area contributed by atoms with Gasteiger partial charge in [0, 0.05) is 101 Å². The summed E-state index contributed by atoms with van der Waals surface area (Å²) in [6.07, 6.45) is 29.1. The van der Waals surface area contributed by atoms with Crippen molar-refractivity contribution >= 4 is 43.6 Å². The van der Waals surface area contributed by atoms with Crippen molar-refractivity contribution in [3.8, 4) is 58.0 Å². The average Bonchev–Trinajstić information content (AvgIpc) is 1.22. The Balaban J connectivity index is 0.000000153. The molecule has 0 N–H and O–H groups in total. The van der Waals surface area contributed by atoms with Gasteiger partial charge in [-0.15, -0.1) is 94.3 Å². The van der Waals surface area contributed by atoms with Gasteiger partial charge in [0.15, 0.2) is 0 Å². The zero-order chi connectivity index (χ0) is 92.8. The summed E-state index contributed by atoms with van der Waals surface area (Å²) in [4.78, 5) is 39.7. The fraction of sp³-hybridized carbons (Fsp3) is 0.245. The first-order chi connectivity index (χ1) is 63.2. The molecule has 16 heterocycles. The molecule has 0 fully saturated rings. The van der Waals surface area contributed by atoms with E-state index in [0.29, 0.717) is 23.1 Å². The minimum absolute atomic E-state index is 0. The number of rotatable bonds is 18. The van der Waals surface area contributed by atoms with Crippen LogP contribution in [-0.4, -0.2) is 132 Å². The third-order valence-electron chi connectivity index (χ3n) is 23.4. The Morgan fingerprint density at radius 3 is 0.882 bits per heavy atom. The van der Waals surface area contributed by atoms with Crippen molar-refractivity contribution in [2.24, 2.45) is 0 Å². The monoisotopic (exact) mass is 2520 g/mol. The maximum absolute atomic E-state index is 5.63. The molecule has 0 spiro atoms. The second kappa shape index (κ2) is 41.0. The van der Waals surface area contributed by atoms with E-state index in [1.165, 1.54) is 0 Å². The van der Waals surface area contributed by atoms with Crippen molar-refractivity contribution < 1.29 is 93.7 Å². The minimum Gasteiger partial charge on any atom is -0.497 e. The van der Waals surface area contributed by atoms with Crippen molar-refractivity contribution in [1.82, 2.24) is 118 Å². The Bertz CT molecular complexity index is 7010. The summed E-state index contributed by atoms with van der Waals surface area (Å²) < 4.78 is 24.8.